The van der Waals surface area contributed by atoms with Gasteiger partial charge in [0, 0.05) is 17.0 Å². The molecule has 3 aromatic rings. The third kappa shape index (κ3) is 12.5. The molecule has 3 aromatic carbocycles. The molecule has 54 heavy (non-hydrogen) atoms. The largest absolute Gasteiger partial charge is 0.482 e. The van der Waals surface area contributed by atoms with Crippen molar-refractivity contribution in [1.82, 2.24) is 16.0 Å². The Morgan fingerprint density at radius 1 is 0.796 bits per heavy atom. The zero-order chi connectivity index (χ0) is 40.6. The molecule has 0 saturated heterocycles. The number of ketones is 1. The Balaban J connectivity index is 2.00. The summed E-state index contributed by atoms with van der Waals surface area (Å²) in [6.07, 6.45) is -5.93. The molecule has 292 valence electrons. The lowest BCUT2D eigenvalue weighted by Crippen LogP contribution is -2.56. The van der Waals surface area contributed by atoms with Gasteiger partial charge in [0.2, 0.25) is 11.8 Å². The first kappa shape index (κ1) is 43.3. The molecule has 0 fully saturated rings. The van der Waals surface area contributed by atoms with Crippen molar-refractivity contribution in [2.45, 2.75) is 76.9 Å². The van der Waals surface area contributed by atoms with Gasteiger partial charge in [0.15, 0.2) is 6.61 Å². The highest BCUT2D eigenvalue weighted by Gasteiger charge is 2.46. The number of alkyl halides is 5. The Morgan fingerprint density at radius 2 is 1.43 bits per heavy atom. The molecule has 3 atom stereocenters. The molecule has 0 aliphatic rings. The SMILES string of the molecule is CC(C)C(NC(=O)C(NC(=O)C(Cc1cccc(F)c1)NC(=O)C(F)(F)c1cccc(Cl)c1)c1ccc(OCC(=O)OC(C)(C)C)cc1)C(=O)C(F)(F)F. The number of benzene rings is 3. The second kappa shape index (κ2) is 17.8. The summed E-state index contributed by atoms with van der Waals surface area (Å²) < 4.78 is 95.7. The van der Waals surface area contributed by atoms with Crippen LogP contribution < -0.4 is 20.7 Å². The topological polar surface area (TPSA) is 140 Å². The van der Waals surface area contributed by atoms with Crippen molar-refractivity contribution in [3.8, 4) is 5.75 Å². The summed E-state index contributed by atoms with van der Waals surface area (Å²) in [5.74, 6) is -13.6. The number of nitrogens with one attached hydrogen (secondary N) is 3. The summed E-state index contributed by atoms with van der Waals surface area (Å²) in [6.45, 7) is 6.89. The van der Waals surface area contributed by atoms with Crippen LogP contribution in [-0.2, 0) is 41.1 Å². The van der Waals surface area contributed by atoms with E-state index in [1.807, 2.05) is 10.6 Å². The molecular weight excluding hydrogens is 748 g/mol. The number of amides is 3. The molecule has 3 N–H and O–H groups in total. The molecule has 3 amide bonds. The molecule has 10 nitrogen and oxygen atoms in total. The monoisotopic (exact) mass is 785 g/mol. The van der Waals surface area contributed by atoms with Gasteiger partial charge in [-0.05, 0) is 74.2 Å². The lowest BCUT2D eigenvalue weighted by Gasteiger charge is -2.28. The molecule has 3 unspecified atom stereocenters. The minimum Gasteiger partial charge on any atom is -0.482 e. The molecule has 0 saturated carbocycles. The summed E-state index contributed by atoms with van der Waals surface area (Å²) in [6, 6.07) is 7.83. The number of halogens is 7. The van der Waals surface area contributed by atoms with E-state index in [0.717, 1.165) is 24.3 Å². The molecule has 0 spiro atoms. The maximum Gasteiger partial charge on any atom is 0.452 e. The third-order valence-electron chi connectivity index (χ3n) is 7.49. The Bertz CT molecular complexity index is 1830. The van der Waals surface area contributed by atoms with Gasteiger partial charge in [-0.15, -0.1) is 0 Å². The maximum absolute atomic E-state index is 15.3. The first-order chi connectivity index (χ1) is 25.0. The van der Waals surface area contributed by atoms with Crippen LogP contribution in [0.1, 0.15) is 57.4 Å². The van der Waals surface area contributed by atoms with Crippen molar-refractivity contribution < 1.29 is 59.8 Å². The number of carbonyl (C=O) groups excluding carboxylic acids is 5. The minimum atomic E-state index is -5.34. The number of hydrogen-bond donors (Lipinski definition) is 3. The van der Waals surface area contributed by atoms with Gasteiger partial charge in [0.25, 0.3) is 11.7 Å². The lowest BCUT2D eigenvalue weighted by molar-refractivity contribution is -0.175. The van der Waals surface area contributed by atoms with Gasteiger partial charge in [0.1, 0.15) is 29.3 Å². The fourth-order valence-electron chi connectivity index (χ4n) is 4.93. The fourth-order valence-corrected chi connectivity index (χ4v) is 5.12. The standard InChI is InChI=1S/C37H38ClF6N3O7/c1-20(2)29(31(49)37(42,43)44)46-33(51)30(22-12-14-26(15-13-22)53-19-28(48)54-35(3,4)5)47-32(50)27(17-21-8-6-11-25(39)16-21)45-34(52)36(40,41)23-9-7-10-24(38)18-23/h6-16,18,20,27,29-30H,17,19H2,1-5H3,(H,45,52)(H,46,51)(H,47,50). The molecule has 0 radical (unpaired) electrons. The molecular formula is C37H38ClF6N3O7. The molecule has 3 rings (SSSR count). The number of ether oxygens (including phenoxy) is 2. The lowest BCUT2D eigenvalue weighted by atomic mass is 9.97. The molecule has 0 aliphatic heterocycles. The van der Waals surface area contributed by atoms with E-state index in [9.17, 15) is 41.5 Å². The summed E-state index contributed by atoms with van der Waals surface area (Å²) in [7, 11) is 0. The van der Waals surface area contributed by atoms with Crippen molar-refractivity contribution in [2.24, 2.45) is 5.92 Å². The van der Waals surface area contributed by atoms with E-state index >= 15 is 8.78 Å². The number of Topliss-reactive ketones (excluding diaryl/α,β-unsaturated/α-hetero) is 1. The quantitative estimate of drug-likeness (QED) is 0.124. The number of esters is 1. The van der Waals surface area contributed by atoms with Gasteiger partial charge in [-0.1, -0.05) is 61.8 Å². The van der Waals surface area contributed by atoms with Crippen molar-refractivity contribution in [2.75, 3.05) is 6.61 Å². The van der Waals surface area contributed by atoms with Gasteiger partial charge >= 0.3 is 18.1 Å². The maximum atomic E-state index is 15.3. The summed E-state index contributed by atoms with van der Waals surface area (Å²) in [5, 5.41) is 6.07. The van der Waals surface area contributed by atoms with E-state index in [1.54, 1.807) is 20.8 Å². The van der Waals surface area contributed by atoms with Crippen LogP contribution in [0.3, 0.4) is 0 Å². The fraction of sp³-hybridized carbons (Fsp3) is 0.378. The Labute approximate surface area is 311 Å². The van der Waals surface area contributed by atoms with Crippen LogP contribution in [0.15, 0.2) is 72.8 Å². The van der Waals surface area contributed by atoms with E-state index in [2.05, 4.69) is 5.32 Å². The van der Waals surface area contributed by atoms with Gasteiger partial charge in [-0.3, -0.25) is 19.2 Å². The van der Waals surface area contributed by atoms with Gasteiger partial charge in [-0.25, -0.2) is 9.18 Å². The number of rotatable bonds is 15. The van der Waals surface area contributed by atoms with Gasteiger partial charge in [-0.2, -0.15) is 22.0 Å². The van der Waals surface area contributed by atoms with Crippen LogP contribution in [0.5, 0.6) is 5.75 Å². The van der Waals surface area contributed by atoms with Crippen LogP contribution in [0.25, 0.3) is 0 Å². The van der Waals surface area contributed by atoms with Crippen LogP contribution in [-0.4, -0.2) is 59.9 Å². The highest BCUT2D eigenvalue weighted by atomic mass is 35.5. The average Bonchev–Trinajstić information content (AvgIpc) is 3.06. The molecule has 0 heterocycles. The van der Waals surface area contributed by atoms with E-state index < -0.39 is 95.6 Å². The Morgan fingerprint density at radius 3 is 1.98 bits per heavy atom. The minimum absolute atomic E-state index is 0.0599. The highest BCUT2D eigenvalue weighted by molar-refractivity contribution is 6.30. The Kier molecular flexibility index (Phi) is 14.3. The molecule has 0 bridgehead atoms. The first-order valence-electron chi connectivity index (χ1n) is 16.3. The van der Waals surface area contributed by atoms with E-state index in [1.165, 1.54) is 62.4 Å². The van der Waals surface area contributed by atoms with Crippen molar-refractivity contribution >= 4 is 41.1 Å². The van der Waals surface area contributed by atoms with Gasteiger partial charge < -0.3 is 25.4 Å². The normalized spacial score (nSPS) is 13.6. The van der Waals surface area contributed by atoms with Crippen molar-refractivity contribution in [1.29, 1.82) is 0 Å². The molecule has 17 heteroatoms. The predicted octanol–water partition coefficient (Wildman–Crippen LogP) is 6.15. The van der Waals surface area contributed by atoms with Crippen molar-refractivity contribution in [3.05, 3.63) is 100 Å². The van der Waals surface area contributed by atoms with Crippen LogP contribution in [0.2, 0.25) is 5.02 Å². The zero-order valence-electron chi connectivity index (χ0n) is 29.7. The number of hydrogen-bond acceptors (Lipinski definition) is 7. The summed E-state index contributed by atoms with van der Waals surface area (Å²) >= 11 is 5.83. The zero-order valence-corrected chi connectivity index (χ0v) is 30.4. The Hall–Kier alpha value is -5.12. The van der Waals surface area contributed by atoms with E-state index in [0.29, 0.717) is 0 Å². The number of carbonyl (C=O) groups is 5. The summed E-state index contributed by atoms with van der Waals surface area (Å²) in [5.41, 5.74) is -1.67. The van der Waals surface area contributed by atoms with Crippen LogP contribution in [0, 0.1) is 11.7 Å². The van der Waals surface area contributed by atoms with Crippen molar-refractivity contribution in [3.63, 3.8) is 0 Å². The second-order valence-corrected chi connectivity index (χ2v) is 13.9. The van der Waals surface area contributed by atoms with Crippen LogP contribution >= 0.6 is 11.6 Å². The molecule has 0 aliphatic carbocycles. The highest BCUT2D eigenvalue weighted by Crippen LogP contribution is 2.30. The first-order valence-corrected chi connectivity index (χ1v) is 16.7. The average molecular weight is 786 g/mol. The van der Waals surface area contributed by atoms with E-state index in [-0.39, 0.29) is 21.9 Å². The predicted molar refractivity (Wildman–Crippen MR) is 184 cm³/mol. The second-order valence-electron chi connectivity index (χ2n) is 13.4. The smallest absolute Gasteiger partial charge is 0.452 e. The third-order valence-corrected chi connectivity index (χ3v) is 7.72. The van der Waals surface area contributed by atoms with E-state index in [4.69, 9.17) is 21.1 Å². The van der Waals surface area contributed by atoms with Crippen LogP contribution in [0.4, 0.5) is 26.3 Å². The van der Waals surface area contributed by atoms with Gasteiger partial charge in [0.05, 0.1) is 6.04 Å². The summed E-state index contributed by atoms with van der Waals surface area (Å²) in [4.78, 5) is 64.9. The molecule has 0 aromatic heterocycles.